The third-order valence-electron chi connectivity index (χ3n) is 3.14. The number of tetrazole rings is 1. The smallest absolute Gasteiger partial charge is 0.337 e. The number of benzene rings is 1. The first-order valence-electron chi connectivity index (χ1n) is 6.57. The Morgan fingerprint density at radius 1 is 1.33 bits per heavy atom. The second-order valence-corrected chi connectivity index (χ2v) is 4.65. The number of carboxylic acids is 1. The monoisotopic (exact) mass is 329 g/mol. The molecular weight excluding hydrogens is 318 g/mol. The summed E-state index contributed by atoms with van der Waals surface area (Å²) in [5.41, 5.74) is 6.01. The van der Waals surface area contributed by atoms with Crippen LogP contribution in [-0.2, 0) is 0 Å². The molecule has 2 aromatic heterocycles. The number of nitrogen functional groups attached to an aromatic ring is 1. The zero-order valence-corrected chi connectivity index (χ0v) is 12.3. The molecule has 0 aliphatic rings. The number of carbonyl (C=O) groups excluding carboxylic acids is 1. The highest BCUT2D eigenvalue weighted by molar-refractivity contribution is 6.07. The summed E-state index contributed by atoms with van der Waals surface area (Å²) in [6.07, 6.45) is 0. The Kier molecular flexibility index (Phi) is 3.66. The topological polar surface area (TPSA) is 158 Å². The largest absolute Gasteiger partial charge is 0.497 e. The number of carboxylic acid groups (broad SMARTS) is 1. The van der Waals surface area contributed by atoms with Gasteiger partial charge in [-0.25, -0.2) is 4.79 Å². The highest BCUT2D eigenvalue weighted by Gasteiger charge is 2.17. The van der Waals surface area contributed by atoms with Crippen molar-refractivity contribution in [3.05, 3.63) is 35.5 Å². The van der Waals surface area contributed by atoms with E-state index in [0.29, 0.717) is 5.75 Å². The summed E-state index contributed by atoms with van der Waals surface area (Å²) in [6, 6.07) is 5.48. The van der Waals surface area contributed by atoms with E-state index in [1.54, 1.807) is 0 Å². The van der Waals surface area contributed by atoms with Crippen molar-refractivity contribution in [1.29, 1.82) is 0 Å². The lowest BCUT2D eigenvalue weighted by atomic mass is 10.1. The lowest BCUT2D eigenvalue weighted by Crippen LogP contribution is -2.18. The number of fused-ring (bicyclic) bond motifs is 1. The van der Waals surface area contributed by atoms with Gasteiger partial charge in [0.15, 0.2) is 5.69 Å². The summed E-state index contributed by atoms with van der Waals surface area (Å²) in [6.45, 7) is 0. The Bertz CT molecular complexity index is 953. The molecule has 0 spiro atoms. The molecular formula is C13H11N7O4. The van der Waals surface area contributed by atoms with E-state index in [2.05, 4.69) is 25.9 Å². The number of aromatic nitrogens is 5. The van der Waals surface area contributed by atoms with Gasteiger partial charge in [0.25, 0.3) is 5.91 Å². The number of ether oxygens (including phenoxy) is 1. The highest BCUT2D eigenvalue weighted by Crippen LogP contribution is 2.23. The maximum absolute atomic E-state index is 12.4. The Labute approximate surface area is 134 Å². The van der Waals surface area contributed by atoms with Crippen molar-refractivity contribution < 1.29 is 19.4 Å². The zero-order valence-electron chi connectivity index (χ0n) is 12.3. The van der Waals surface area contributed by atoms with Gasteiger partial charge in [0.05, 0.1) is 24.0 Å². The van der Waals surface area contributed by atoms with Crippen molar-refractivity contribution in [1.82, 2.24) is 25.3 Å². The fourth-order valence-electron chi connectivity index (χ4n) is 2.00. The number of aromatic carboxylic acids is 1. The minimum atomic E-state index is -1.20. The van der Waals surface area contributed by atoms with Gasteiger partial charge in [0.1, 0.15) is 5.75 Å². The SMILES string of the molecule is COc1ccc(C(=O)O)c(NC(=O)c2cc(N)c3nnnn3n2)c1. The number of anilines is 2. The van der Waals surface area contributed by atoms with Gasteiger partial charge in [0, 0.05) is 6.07 Å². The van der Waals surface area contributed by atoms with Crippen molar-refractivity contribution in [3.8, 4) is 5.75 Å². The van der Waals surface area contributed by atoms with Crippen LogP contribution in [0.2, 0.25) is 0 Å². The molecule has 24 heavy (non-hydrogen) atoms. The molecule has 3 aromatic rings. The van der Waals surface area contributed by atoms with Crippen molar-refractivity contribution in [2.24, 2.45) is 0 Å². The fraction of sp³-hybridized carbons (Fsp3) is 0.0769. The van der Waals surface area contributed by atoms with Gasteiger partial charge in [-0.15, -0.1) is 14.8 Å². The van der Waals surface area contributed by atoms with Gasteiger partial charge in [-0.2, -0.15) is 0 Å². The number of hydrogen-bond donors (Lipinski definition) is 3. The number of nitrogens with one attached hydrogen (secondary N) is 1. The summed E-state index contributed by atoms with van der Waals surface area (Å²) in [4.78, 5) is 23.6. The van der Waals surface area contributed by atoms with E-state index in [1.165, 1.54) is 31.4 Å². The predicted molar refractivity (Wildman–Crippen MR) is 80.9 cm³/mol. The Morgan fingerprint density at radius 2 is 2.12 bits per heavy atom. The third kappa shape index (κ3) is 2.65. The number of amides is 1. The molecule has 0 aliphatic carbocycles. The number of nitrogens with two attached hydrogens (primary N) is 1. The molecule has 2 heterocycles. The third-order valence-corrected chi connectivity index (χ3v) is 3.14. The van der Waals surface area contributed by atoms with Crippen LogP contribution in [0.25, 0.3) is 5.65 Å². The van der Waals surface area contributed by atoms with E-state index < -0.39 is 11.9 Å². The Hall–Kier alpha value is -3.76. The van der Waals surface area contributed by atoms with Crippen LogP contribution >= 0.6 is 0 Å². The zero-order chi connectivity index (χ0) is 17.3. The predicted octanol–water partition coefficient (Wildman–Crippen LogP) is 0.0606. The average molecular weight is 329 g/mol. The maximum atomic E-state index is 12.4. The summed E-state index contributed by atoms with van der Waals surface area (Å²) >= 11 is 0. The first-order valence-corrected chi connectivity index (χ1v) is 6.57. The molecule has 4 N–H and O–H groups in total. The molecule has 11 heteroatoms. The van der Waals surface area contributed by atoms with Gasteiger partial charge < -0.3 is 20.9 Å². The second kappa shape index (κ2) is 5.79. The van der Waals surface area contributed by atoms with Crippen LogP contribution in [-0.4, -0.2) is 49.3 Å². The minimum Gasteiger partial charge on any atom is -0.497 e. The van der Waals surface area contributed by atoms with Gasteiger partial charge in [-0.3, -0.25) is 4.79 Å². The van der Waals surface area contributed by atoms with Crippen LogP contribution in [0.5, 0.6) is 5.75 Å². The van der Waals surface area contributed by atoms with Gasteiger partial charge in [-0.05, 0) is 28.6 Å². The Balaban J connectivity index is 1.97. The second-order valence-electron chi connectivity index (χ2n) is 4.65. The number of methoxy groups -OCH3 is 1. The quantitative estimate of drug-likeness (QED) is 0.601. The summed E-state index contributed by atoms with van der Waals surface area (Å²) < 4.78 is 6.04. The van der Waals surface area contributed by atoms with Crippen LogP contribution in [0, 0.1) is 0 Å². The molecule has 3 rings (SSSR count). The molecule has 0 unspecified atom stereocenters. The first kappa shape index (κ1) is 15.1. The first-order chi connectivity index (χ1) is 11.5. The number of hydrogen-bond acceptors (Lipinski definition) is 8. The summed E-state index contributed by atoms with van der Waals surface area (Å²) in [7, 11) is 1.43. The minimum absolute atomic E-state index is 0.0593. The van der Waals surface area contributed by atoms with Crippen LogP contribution < -0.4 is 15.8 Å². The van der Waals surface area contributed by atoms with Crippen molar-refractivity contribution in [2.75, 3.05) is 18.2 Å². The molecule has 1 amide bonds. The normalized spacial score (nSPS) is 10.5. The Morgan fingerprint density at radius 3 is 2.83 bits per heavy atom. The molecule has 0 aliphatic heterocycles. The van der Waals surface area contributed by atoms with E-state index in [4.69, 9.17) is 10.5 Å². The molecule has 122 valence electrons. The maximum Gasteiger partial charge on any atom is 0.337 e. The molecule has 0 radical (unpaired) electrons. The standard InChI is InChI=1S/C13H11N7O4/c1-24-6-2-3-7(13(22)23)9(4-6)15-12(21)10-5-8(14)11-16-18-19-20(11)17-10/h2-5H,14H2,1H3,(H,15,21)(H,22,23). The molecule has 0 bridgehead atoms. The highest BCUT2D eigenvalue weighted by atomic mass is 16.5. The van der Waals surface area contributed by atoms with Crippen molar-refractivity contribution in [3.63, 3.8) is 0 Å². The van der Waals surface area contributed by atoms with Crippen LogP contribution in [0.15, 0.2) is 24.3 Å². The average Bonchev–Trinajstić information content (AvgIpc) is 3.03. The van der Waals surface area contributed by atoms with Crippen LogP contribution in [0.4, 0.5) is 11.4 Å². The molecule has 0 fully saturated rings. The lowest BCUT2D eigenvalue weighted by molar-refractivity contribution is 0.0698. The molecule has 1 aromatic carbocycles. The van der Waals surface area contributed by atoms with E-state index in [9.17, 15) is 14.7 Å². The van der Waals surface area contributed by atoms with Gasteiger partial charge >= 0.3 is 5.97 Å². The van der Waals surface area contributed by atoms with Crippen molar-refractivity contribution in [2.45, 2.75) is 0 Å². The molecule has 0 atom stereocenters. The van der Waals surface area contributed by atoms with E-state index in [-0.39, 0.29) is 28.3 Å². The summed E-state index contributed by atoms with van der Waals surface area (Å²) in [5, 5.41) is 26.2. The van der Waals surface area contributed by atoms with Crippen LogP contribution in [0.1, 0.15) is 20.8 Å². The van der Waals surface area contributed by atoms with E-state index in [1.807, 2.05) is 0 Å². The van der Waals surface area contributed by atoms with E-state index >= 15 is 0 Å². The number of rotatable bonds is 4. The summed E-state index contributed by atoms with van der Waals surface area (Å²) in [5.74, 6) is -1.48. The number of carbonyl (C=O) groups is 2. The van der Waals surface area contributed by atoms with Gasteiger partial charge in [-0.1, -0.05) is 0 Å². The molecule has 11 nitrogen and oxygen atoms in total. The van der Waals surface area contributed by atoms with Crippen molar-refractivity contribution >= 4 is 28.9 Å². The van der Waals surface area contributed by atoms with Gasteiger partial charge in [0.2, 0.25) is 5.65 Å². The fourth-order valence-corrected chi connectivity index (χ4v) is 2.00. The lowest BCUT2D eigenvalue weighted by Gasteiger charge is -2.10. The van der Waals surface area contributed by atoms with E-state index in [0.717, 1.165) is 4.63 Å². The molecule has 0 saturated carbocycles. The molecule has 0 saturated heterocycles. The van der Waals surface area contributed by atoms with Crippen LogP contribution in [0.3, 0.4) is 0 Å². The number of nitrogens with zero attached hydrogens (tertiary/aromatic N) is 5.